The Balaban J connectivity index is 1.80. The maximum absolute atomic E-state index is 4.61. The Morgan fingerprint density at radius 3 is 2.73 bits per heavy atom. The van der Waals surface area contributed by atoms with E-state index in [0.29, 0.717) is 12.0 Å². The minimum atomic E-state index is 0.624. The number of hydrogen-bond donors (Lipinski definition) is 0. The Kier molecular flexibility index (Phi) is 4.52. The molecule has 0 bridgehead atoms. The first-order valence-corrected chi connectivity index (χ1v) is 8.16. The van der Waals surface area contributed by atoms with Gasteiger partial charge in [0.2, 0.25) is 0 Å². The van der Waals surface area contributed by atoms with Gasteiger partial charge in [0, 0.05) is 44.4 Å². The summed E-state index contributed by atoms with van der Waals surface area (Å²) in [6.45, 7) is 6.95. The zero-order chi connectivity index (χ0) is 15.5. The van der Waals surface area contributed by atoms with Crippen molar-refractivity contribution in [1.29, 1.82) is 0 Å². The Bertz CT molecular complexity index is 619. The van der Waals surface area contributed by atoms with E-state index < -0.39 is 0 Å². The molecule has 118 valence electrons. The largest absolute Gasteiger partial charge is 0.333 e. The molecule has 2 aromatic heterocycles. The van der Waals surface area contributed by atoms with Gasteiger partial charge in [-0.15, -0.1) is 0 Å². The number of nitrogens with zero attached hydrogens (tertiary/aromatic N) is 5. The van der Waals surface area contributed by atoms with E-state index in [1.54, 1.807) is 12.4 Å². The van der Waals surface area contributed by atoms with Gasteiger partial charge in [-0.2, -0.15) is 0 Å². The van der Waals surface area contributed by atoms with Crippen molar-refractivity contribution in [1.82, 2.24) is 24.4 Å². The summed E-state index contributed by atoms with van der Waals surface area (Å²) < 4.78 is 2.01. The number of likely N-dealkylation sites (tertiary alicyclic amines) is 1. The summed E-state index contributed by atoms with van der Waals surface area (Å²) in [5, 5.41) is 0. The van der Waals surface area contributed by atoms with Crippen LogP contribution < -0.4 is 0 Å². The van der Waals surface area contributed by atoms with Crippen LogP contribution in [0.15, 0.2) is 24.8 Å². The fraction of sp³-hybridized carbons (Fsp3) is 0.588. The predicted octanol–water partition coefficient (Wildman–Crippen LogP) is 2.54. The van der Waals surface area contributed by atoms with Crippen molar-refractivity contribution in [2.24, 2.45) is 13.0 Å². The van der Waals surface area contributed by atoms with Gasteiger partial charge in [-0.3, -0.25) is 4.98 Å². The summed E-state index contributed by atoms with van der Waals surface area (Å²) in [6, 6.07) is 0.624. The quantitative estimate of drug-likeness (QED) is 0.870. The van der Waals surface area contributed by atoms with E-state index in [1.807, 2.05) is 24.0 Å². The molecule has 0 N–H and O–H groups in total. The molecule has 1 aliphatic heterocycles. The van der Waals surface area contributed by atoms with Crippen LogP contribution in [-0.2, 0) is 13.5 Å². The molecule has 3 rings (SSSR count). The monoisotopic (exact) mass is 299 g/mol. The van der Waals surface area contributed by atoms with Crippen LogP contribution in [0.5, 0.6) is 0 Å². The second-order valence-corrected chi connectivity index (χ2v) is 6.51. The van der Waals surface area contributed by atoms with Gasteiger partial charge in [0.05, 0.1) is 5.69 Å². The molecule has 0 radical (unpaired) electrons. The van der Waals surface area contributed by atoms with Gasteiger partial charge in [0.1, 0.15) is 5.69 Å². The molecule has 0 aliphatic carbocycles. The number of rotatable bonds is 4. The zero-order valence-corrected chi connectivity index (χ0v) is 13.7. The molecule has 1 fully saturated rings. The van der Waals surface area contributed by atoms with E-state index in [1.165, 1.54) is 19.4 Å². The first-order valence-electron chi connectivity index (χ1n) is 8.16. The lowest BCUT2D eigenvalue weighted by Gasteiger charge is -2.35. The van der Waals surface area contributed by atoms with Crippen LogP contribution in [-0.4, -0.2) is 43.6 Å². The number of piperidine rings is 1. The van der Waals surface area contributed by atoms with Crippen LogP contribution in [0, 0.1) is 5.92 Å². The summed E-state index contributed by atoms with van der Waals surface area (Å²) in [5.74, 6) is 1.56. The molecule has 5 nitrogen and oxygen atoms in total. The first kappa shape index (κ1) is 15.2. The second kappa shape index (κ2) is 6.57. The van der Waals surface area contributed by atoms with E-state index in [4.69, 9.17) is 0 Å². The average molecular weight is 299 g/mol. The molecule has 0 saturated carbocycles. The summed E-state index contributed by atoms with van der Waals surface area (Å²) >= 11 is 0. The Morgan fingerprint density at radius 2 is 2.00 bits per heavy atom. The maximum atomic E-state index is 4.61. The molecular weight excluding hydrogens is 274 g/mol. The molecule has 1 saturated heterocycles. The number of imidazole rings is 1. The zero-order valence-electron chi connectivity index (χ0n) is 13.7. The van der Waals surface area contributed by atoms with Crippen molar-refractivity contribution in [3.05, 3.63) is 30.5 Å². The van der Waals surface area contributed by atoms with Gasteiger partial charge < -0.3 is 9.47 Å². The maximum Gasteiger partial charge on any atom is 0.160 e. The Labute approximate surface area is 132 Å². The third-order valence-electron chi connectivity index (χ3n) is 4.57. The molecule has 1 atom stereocenters. The molecule has 1 unspecified atom stereocenters. The van der Waals surface area contributed by atoms with Crippen molar-refractivity contribution < 1.29 is 0 Å². The summed E-state index contributed by atoms with van der Waals surface area (Å²) in [6.07, 6.45) is 10.9. The van der Waals surface area contributed by atoms with Gasteiger partial charge in [-0.25, -0.2) is 9.97 Å². The molecule has 0 aromatic carbocycles. The van der Waals surface area contributed by atoms with Gasteiger partial charge in [0.15, 0.2) is 5.82 Å². The molecule has 0 amide bonds. The highest BCUT2D eigenvalue weighted by Gasteiger charge is 2.24. The fourth-order valence-electron chi connectivity index (χ4n) is 3.30. The minimum Gasteiger partial charge on any atom is -0.333 e. The topological polar surface area (TPSA) is 46.8 Å². The summed E-state index contributed by atoms with van der Waals surface area (Å²) in [5.41, 5.74) is 2.00. The van der Waals surface area contributed by atoms with Gasteiger partial charge in [0.25, 0.3) is 0 Å². The molecule has 5 heteroatoms. The number of aromatic nitrogens is 4. The molecule has 2 aromatic rings. The summed E-state index contributed by atoms with van der Waals surface area (Å²) in [4.78, 5) is 16.2. The van der Waals surface area contributed by atoms with Crippen molar-refractivity contribution >= 4 is 0 Å². The first-order chi connectivity index (χ1) is 10.6. The van der Waals surface area contributed by atoms with Crippen LogP contribution in [0.1, 0.15) is 32.4 Å². The van der Waals surface area contributed by atoms with Crippen molar-refractivity contribution in [2.75, 3.05) is 13.1 Å². The highest BCUT2D eigenvalue weighted by molar-refractivity contribution is 5.52. The van der Waals surface area contributed by atoms with Gasteiger partial charge in [-0.05, 0) is 45.6 Å². The van der Waals surface area contributed by atoms with Crippen LogP contribution in [0.4, 0.5) is 0 Å². The van der Waals surface area contributed by atoms with E-state index in [9.17, 15) is 0 Å². The Hall–Kier alpha value is -1.75. The summed E-state index contributed by atoms with van der Waals surface area (Å²) in [7, 11) is 2.00. The lowest BCUT2D eigenvalue weighted by Crippen LogP contribution is -2.40. The predicted molar refractivity (Wildman–Crippen MR) is 87.4 cm³/mol. The molecule has 3 heterocycles. The fourth-order valence-corrected chi connectivity index (χ4v) is 3.30. The minimum absolute atomic E-state index is 0.624. The third-order valence-corrected chi connectivity index (χ3v) is 4.57. The van der Waals surface area contributed by atoms with Crippen LogP contribution >= 0.6 is 0 Å². The van der Waals surface area contributed by atoms with E-state index in [-0.39, 0.29) is 0 Å². The van der Waals surface area contributed by atoms with Crippen molar-refractivity contribution in [3.63, 3.8) is 0 Å². The Morgan fingerprint density at radius 1 is 1.18 bits per heavy atom. The highest BCUT2D eigenvalue weighted by Crippen LogP contribution is 2.25. The van der Waals surface area contributed by atoms with E-state index in [2.05, 4.69) is 33.7 Å². The lowest BCUT2D eigenvalue weighted by atomic mass is 9.92. The standard InChI is InChI=1S/C17H25N5/c1-13(2)22-9-4-5-14(12-22)11-15-16(19-7-6-18-15)17-20-8-10-21(17)3/h6-8,10,13-14H,4-5,9,11-12H2,1-3H3. The number of hydrogen-bond acceptors (Lipinski definition) is 4. The average Bonchev–Trinajstić information content (AvgIpc) is 2.94. The van der Waals surface area contributed by atoms with Gasteiger partial charge >= 0.3 is 0 Å². The molecule has 22 heavy (non-hydrogen) atoms. The number of aryl methyl sites for hydroxylation is 1. The molecule has 1 aliphatic rings. The van der Waals surface area contributed by atoms with Gasteiger partial charge in [-0.1, -0.05) is 0 Å². The van der Waals surface area contributed by atoms with Crippen LogP contribution in [0.25, 0.3) is 11.5 Å². The lowest BCUT2D eigenvalue weighted by molar-refractivity contribution is 0.139. The highest BCUT2D eigenvalue weighted by atomic mass is 15.2. The van der Waals surface area contributed by atoms with Crippen molar-refractivity contribution in [3.8, 4) is 11.5 Å². The van der Waals surface area contributed by atoms with Crippen LogP contribution in [0.2, 0.25) is 0 Å². The smallest absolute Gasteiger partial charge is 0.160 e. The second-order valence-electron chi connectivity index (χ2n) is 6.51. The SMILES string of the molecule is CC(C)N1CCCC(Cc2nccnc2-c2nccn2C)C1. The van der Waals surface area contributed by atoms with Crippen LogP contribution in [0.3, 0.4) is 0 Å². The van der Waals surface area contributed by atoms with E-state index in [0.717, 1.165) is 30.2 Å². The van der Waals surface area contributed by atoms with Crippen molar-refractivity contribution in [2.45, 2.75) is 39.2 Å². The normalized spacial score (nSPS) is 19.7. The third kappa shape index (κ3) is 3.19. The molecular formula is C17H25N5. The van der Waals surface area contributed by atoms with E-state index >= 15 is 0 Å². The molecule has 0 spiro atoms.